The van der Waals surface area contributed by atoms with Gasteiger partial charge in [0, 0.05) is 11.1 Å². The van der Waals surface area contributed by atoms with Crippen LogP contribution in [-0.4, -0.2) is 75.2 Å². The highest BCUT2D eigenvalue weighted by Gasteiger charge is 2.57. The number of methoxy groups -OCH3 is 1. The maximum absolute atomic E-state index is 11.2. The number of rotatable bonds is 4. The standard InChI is InChI=1S/C14H18O9/c1-22-7-3-2-6(4-15)9(10(7)17)14(21)12(19)11(18)8(5-16)23-13(14)20/h2-4,8,11-13,16-21H,5H2,1H3/t8-,11-,12+,13?,14+/m1/s1. The molecule has 9 nitrogen and oxygen atoms in total. The van der Waals surface area contributed by atoms with Crippen LogP contribution in [0.3, 0.4) is 0 Å². The fourth-order valence-corrected chi connectivity index (χ4v) is 2.65. The molecule has 1 aromatic rings. The lowest BCUT2D eigenvalue weighted by Gasteiger charge is -2.46. The largest absolute Gasteiger partial charge is 0.504 e. The molecule has 1 fully saturated rings. The van der Waals surface area contributed by atoms with Crippen LogP contribution in [0.25, 0.3) is 0 Å². The van der Waals surface area contributed by atoms with Crippen molar-refractivity contribution in [2.24, 2.45) is 0 Å². The molecule has 1 unspecified atom stereocenters. The van der Waals surface area contributed by atoms with Crippen molar-refractivity contribution in [1.82, 2.24) is 0 Å². The van der Waals surface area contributed by atoms with E-state index in [0.717, 1.165) is 0 Å². The lowest BCUT2D eigenvalue weighted by molar-refractivity contribution is -0.335. The van der Waals surface area contributed by atoms with Crippen molar-refractivity contribution in [3.63, 3.8) is 0 Å². The van der Waals surface area contributed by atoms with E-state index < -0.39 is 48.1 Å². The summed E-state index contributed by atoms with van der Waals surface area (Å²) in [4.78, 5) is 11.2. The fourth-order valence-electron chi connectivity index (χ4n) is 2.65. The molecule has 0 aromatic heterocycles. The molecule has 0 aliphatic carbocycles. The van der Waals surface area contributed by atoms with Crippen LogP contribution in [0, 0.1) is 0 Å². The second-order valence-corrected chi connectivity index (χ2v) is 5.17. The molecule has 0 spiro atoms. The van der Waals surface area contributed by atoms with Gasteiger partial charge in [-0.3, -0.25) is 4.79 Å². The predicted molar refractivity (Wildman–Crippen MR) is 73.9 cm³/mol. The van der Waals surface area contributed by atoms with E-state index in [-0.39, 0.29) is 17.6 Å². The van der Waals surface area contributed by atoms with Crippen molar-refractivity contribution in [3.05, 3.63) is 23.3 Å². The third-order valence-electron chi connectivity index (χ3n) is 3.94. The minimum atomic E-state index is -2.72. The summed E-state index contributed by atoms with van der Waals surface area (Å²) in [6.07, 6.45) is -7.03. The maximum atomic E-state index is 11.2. The minimum absolute atomic E-state index is 0.128. The summed E-state index contributed by atoms with van der Waals surface area (Å²) in [7, 11) is 1.23. The Bertz CT molecular complexity index is 590. The van der Waals surface area contributed by atoms with Crippen LogP contribution in [0.4, 0.5) is 0 Å². The number of phenols is 1. The molecular weight excluding hydrogens is 312 g/mol. The average Bonchev–Trinajstić information content (AvgIpc) is 2.55. The van der Waals surface area contributed by atoms with E-state index >= 15 is 0 Å². The molecule has 0 radical (unpaired) electrons. The van der Waals surface area contributed by atoms with Crippen LogP contribution in [0.5, 0.6) is 11.5 Å². The van der Waals surface area contributed by atoms with Crippen LogP contribution < -0.4 is 4.74 Å². The third kappa shape index (κ3) is 2.57. The van der Waals surface area contributed by atoms with Gasteiger partial charge in [0.05, 0.1) is 13.7 Å². The number of ether oxygens (including phenoxy) is 2. The Morgan fingerprint density at radius 1 is 1.35 bits per heavy atom. The van der Waals surface area contributed by atoms with Gasteiger partial charge < -0.3 is 40.1 Å². The molecule has 128 valence electrons. The lowest BCUT2D eigenvalue weighted by atomic mass is 9.78. The summed E-state index contributed by atoms with van der Waals surface area (Å²) < 4.78 is 9.77. The normalized spacial score (nSPS) is 34.2. The molecule has 2 rings (SSSR count). The van der Waals surface area contributed by atoms with Gasteiger partial charge in [-0.15, -0.1) is 0 Å². The first-order valence-electron chi connectivity index (χ1n) is 6.71. The smallest absolute Gasteiger partial charge is 0.191 e. The van der Waals surface area contributed by atoms with Gasteiger partial charge >= 0.3 is 0 Å². The summed E-state index contributed by atoms with van der Waals surface area (Å²) >= 11 is 0. The quantitative estimate of drug-likeness (QED) is 0.338. The van der Waals surface area contributed by atoms with Crippen LogP contribution in [-0.2, 0) is 10.3 Å². The highest BCUT2D eigenvalue weighted by molar-refractivity contribution is 5.81. The molecule has 1 aliphatic rings. The van der Waals surface area contributed by atoms with E-state index in [1.54, 1.807) is 0 Å². The van der Waals surface area contributed by atoms with E-state index in [4.69, 9.17) is 14.6 Å². The van der Waals surface area contributed by atoms with Crippen molar-refractivity contribution in [2.75, 3.05) is 13.7 Å². The first-order valence-corrected chi connectivity index (χ1v) is 6.71. The Labute approximate surface area is 130 Å². The van der Waals surface area contributed by atoms with Gasteiger partial charge in [-0.05, 0) is 12.1 Å². The zero-order chi connectivity index (χ0) is 17.4. The SMILES string of the molecule is COc1ccc(C=O)c([C@@]2(O)C(O)O[C@H](CO)[C@@H](O)[C@@H]2O)c1O. The molecule has 0 bridgehead atoms. The molecule has 9 heteroatoms. The van der Waals surface area contributed by atoms with Crippen LogP contribution >= 0.6 is 0 Å². The van der Waals surface area contributed by atoms with Gasteiger partial charge in [0.15, 0.2) is 29.7 Å². The van der Waals surface area contributed by atoms with Gasteiger partial charge in [0.25, 0.3) is 0 Å². The molecule has 23 heavy (non-hydrogen) atoms. The zero-order valence-corrected chi connectivity index (χ0v) is 12.2. The van der Waals surface area contributed by atoms with Gasteiger partial charge in [-0.2, -0.15) is 0 Å². The number of carbonyl (C=O) groups is 1. The Balaban J connectivity index is 2.65. The van der Waals surface area contributed by atoms with Crippen LogP contribution in [0.15, 0.2) is 12.1 Å². The van der Waals surface area contributed by atoms with E-state index in [0.29, 0.717) is 0 Å². The molecule has 0 saturated carbocycles. The number of phenolic OH excluding ortho intramolecular Hbond substituents is 1. The van der Waals surface area contributed by atoms with Gasteiger partial charge in [-0.25, -0.2) is 0 Å². The van der Waals surface area contributed by atoms with Crippen molar-refractivity contribution in [3.8, 4) is 11.5 Å². The number of carbonyl (C=O) groups excluding carboxylic acids is 1. The molecular formula is C14H18O9. The molecule has 1 saturated heterocycles. The molecule has 1 heterocycles. The van der Waals surface area contributed by atoms with E-state index in [1.165, 1.54) is 19.2 Å². The Morgan fingerprint density at radius 3 is 2.52 bits per heavy atom. The summed E-state index contributed by atoms with van der Waals surface area (Å²) in [5.74, 6) is -0.826. The number of aromatic hydroxyl groups is 1. The number of aliphatic hydroxyl groups is 5. The highest BCUT2D eigenvalue weighted by Crippen LogP contribution is 2.45. The second kappa shape index (κ2) is 6.40. The van der Waals surface area contributed by atoms with Crippen molar-refractivity contribution in [1.29, 1.82) is 0 Å². The highest BCUT2D eigenvalue weighted by atomic mass is 16.6. The predicted octanol–water partition coefficient (Wildman–Crippen LogP) is -2.17. The number of hydrogen-bond donors (Lipinski definition) is 6. The van der Waals surface area contributed by atoms with Crippen molar-refractivity contribution >= 4 is 6.29 Å². The Morgan fingerprint density at radius 2 is 2.00 bits per heavy atom. The number of hydrogen-bond acceptors (Lipinski definition) is 9. The van der Waals surface area contributed by atoms with Crippen molar-refractivity contribution in [2.45, 2.75) is 30.2 Å². The summed E-state index contributed by atoms with van der Waals surface area (Å²) in [6.45, 7) is -0.726. The van der Waals surface area contributed by atoms with E-state index in [9.17, 15) is 30.3 Å². The summed E-state index contributed by atoms with van der Waals surface area (Å²) in [5, 5.41) is 60.2. The lowest BCUT2D eigenvalue weighted by Crippen LogP contribution is -2.64. The topological polar surface area (TPSA) is 157 Å². The monoisotopic (exact) mass is 330 g/mol. The maximum Gasteiger partial charge on any atom is 0.191 e. The van der Waals surface area contributed by atoms with Gasteiger partial charge in [0.1, 0.15) is 18.3 Å². The zero-order valence-electron chi connectivity index (χ0n) is 12.2. The van der Waals surface area contributed by atoms with Crippen LogP contribution in [0.2, 0.25) is 0 Å². The van der Waals surface area contributed by atoms with E-state index in [2.05, 4.69) is 0 Å². The summed E-state index contributed by atoms with van der Waals surface area (Å²) in [6, 6.07) is 2.45. The third-order valence-corrected chi connectivity index (χ3v) is 3.94. The van der Waals surface area contributed by atoms with Gasteiger partial charge in [-0.1, -0.05) is 0 Å². The first kappa shape index (κ1) is 17.6. The molecule has 0 amide bonds. The second-order valence-electron chi connectivity index (χ2n) is 5.17. The molecule has 5 atom stereocenters. The average molecular weight is 330 g/mol. The molecule has 6 N–H and O–H groups in total. The Kier molecular flexibility index (Phi) is 4.90. The fraction of sp³-hybridized carbons (Fsp3) is 0.500. The first-order chi connectivity index (χ1) is 10.8. The van der Waals surface area contributed by atoms with Gasteiger partial charge in [0.2, 0.25) is 0 Å². The van der Waals surface area contributed by atoms with Crippen molar-refractivity contribution < 1.29 is 44.9 Å². The summed E-state index contributed by atoms with van der Waals surface area (Å²) in [5.41, 5.74) is -3.52. The minimum Gasteiger partial charge on any atom is -0.504 e. The molecule has 1 aliphatic heterocycles. The van der Waals surface area contributed by atoms with E-state index in [1.807, 2.05) is 0 Å². The van der Waals surface area contributed by atoms with Crippen LogP contribution in [0.1, 0.15) is 15.9 Å². The molecule has 1 aromatic carbocycles. The number of aldehydes is 1. The number of benzene rings is 1. The Hall–Kier alpha value is -1.75. The number of aliphatic hydroxyl groups excluding tert-OH is 4.